The number of para-hydroxylation sites is 2. The second kappa shape index (κ2) is 9.61. The van der Waals surface area contributed by atoms with Crippen molar-refractivity contribution in [3.63, 3.8) is 0 Å². The predicted molar refractivity (Wildman–Crippen MR) is 119 cm³/mol. The lowest BCUT2D eigenvalue weighted by Crippen LogP contribution is -2.40. The van der Waals surface area contributed by atoms with E-state index in [1.807, 2.05) is 31.2 Å². The van der Waals surface area contributed by atoms with Crippen molar-refractivity contribution in [2.75, 3.05) is 20.3 Å². The van der Waals surface area contributed by atoms with Crippen molar-refractivity contribution in [3.8, 4) is 17.1 Å². The van der Waals surface area contributed by atoms with Gasteiger partial charge in [0.15, 0.2) is 0 Å². The molecule has 0 radical (unpaired) electrons. The van der Waals surface area contributed by atoms with Gasteiger partial charge in [0.25, 0.3) is 5.56 Å². The van der Waals surface area contributed by atoms with Crippen LogP contribution in [-0.2, 0) is 17.8 Å². The highest BCUT2D eigenvalue weighted by Crippen LogP contribution is 2.27. The second-order valence-electron chi connectivity index (χ2n) is 7.13. The molecule has 4 aromatic rings. The fourth-order valence-electron chi connectivity index (χ4n) is 3.58. The molecule has 2 aromatic heterocycles. The smallest absolute Gasteiger partial charge is 0.331 e. The normalized spacial score (nSPS) is 11.2. The molecule has 166 valence electrons. The molecule has 9 heteroatoms. The van der Waals surface area contributed by atoms with Gasteiger partial charge < -0.3 is 14.0 Å². The van der Waals surface area contributed by atoms with Gasteiger partial charge in [0.2, 0.25) is 11.7 Å². The Morgan fingerprint density at radius 2 is 1.81 bits per heavy atom. The number of aromatic nitrogens is 4. The minimum absolute atomic E-state index is 0.0354. The highest BCUT2D eigenvalue weighted by molar-refractivity contribution is 5.77. The van der Waals surface area contributed by atoms with Crippen LogP contribution >= 0.6 is 0 Å². The zero-order valence-electron chi connectivity index (χ0n) is 18.0. The van der Waals surface area contributed by atoms with E-state index in [0.717, 1.165) is 0 Å². The molecule has 4 rings (SSSR count). The van der Waals surface area contributed by atoms with Gasteiger partial charge in [-0.05, 0) is 37.6 Å². The minimum Gasteiger partial charge on any atom is -0.493 e. The zero-order valence-corrected chi connectivity index (χ0v) is 18.0. The Hall–Kier alpha value is -3.72. The van der Waals surface area contributed by atoms with Gasteiger partial charge in [-0.15, -0.1) is 0 Å². The quantitative estimate of drug-likeness (QED) is 0.372. The summed E-state index contributed by atoms with van der Waals surface area (Å²) in [6.07, 6.45) is 0.545. The van der Waals surface area contributed by atoms with Crippen molar-refractivity contribution >= 4 is 10.9 Å². The molecule has 0 N–H and O–H groups in total. The van der Waals surface area contributed by atoms with Crippen LogP contribution in [0.25, 0.3) is 22.3 Å². The van der Waals surface area contributed by atoms with Gasteiger partial charge in [-0.3, -0.25) is 13.9 Å². The first-order chi connectivity index (χ1) is 15.6. The third-order valence-corrected chi connectivity index (χ3v) is 5.05. The van der Waals surface area contributed by atoms with Gasteiger partial charge in [0, 0.05) is 20.3 Å². The van der Waals surface area contributed by atoms with Crippen LogP contribution in [0, 0.1) is 0 Å². The average Bonchev–Trinajstić information content (AvgIpc) is 3.28. The molecule has 0 aliphatic rings. The van der Waals surface area contributed by atoms with Gasteiger partial charge in [0.05, 0.1) is 23.1 Å². The lowest BCUT2D eigenvalue weighted by molar-refractivity contribution is 0.189. The molecule has 0 atom stereocenters. The van der Waals surface area contributed by atoms with Crippen LogP contribution in [0.15, 0.2) is 62.6 Å². The monoisotopic (exact) mass is 436 g/mol. The summed E-state index contributed by atoms with van der Waals surface area (Å²) < 4.78 is 18.9. The third kappa shape index (κ3) is 4.19. The van der Waals surface area contributed by atoms with Crippen LogP contribution in [0.1, 0.15) is 19.2 Å². The van der Waals surface area contributed by atoms with Crippen molar-refractivity contribution in [1.82, 2.24) is 19.3 Å². The lowest BCUT2D eigenvalue weighted by Gasteiger charge is -2.12. The van der Waals surface area contributed by atoms with Crippen LogP contribution in [0.3, 0.4) is 0 Å². The fraction of sp³-hybridized carbons (Fsp3) is 0.304. The van der Waals surface area contributed by atoms with E-state index in [9.17, 15) is 9.59 Å². The summed E-state index contributed by atoms with van der Waals surface area (Å²) in [5, 5.41) is 4.52. The van der Waals surface area contributed by atoms with Crippen molar-refractivity contribution in [2.45, 2.75) is 26.4 Å². The highest BCUT2D eigenvalue weighted by atomic mass is 16.5. The van der Waals surface area contributed by atoms with Crippen LogP contribution in [0.5, 0.6) is 5.75 Å². The van der Waals surface area contributed by atoms with Gasteiger partial charge in [-0.2, -0.15) is 4.98 Å². The Balaban J connectivity index is 1.74. The SMILES string of the molecule is CCOc1ccccc1-c1noc(Cn2c(=O)n(CCCOC)c(=O)c3ccccc32)n1. The van der Waals surface area contributed by atoms with Crippen LogP contribution in [0.4, 0.5) is 0 Å². The molecule has 9 nitrogen and oxygen atoms in total. The maximum atomic E-state index is 13.2. The Morgan fingerprint density at radius 3 is 2.62 bits per heavy atom. The number of nitrogens with zero attached hydrogens (tertiary/aromatic N) is 4. The van der Waals surface area contributed by atoms with Crippen LogP contribution in [0.2, 0.25) is 0 Å². The summed E-state index contributed by atoms with van der Waals surface area (Å²) in [6, 6.07) is 14.4. The molecule has 0 bridgehead atoms. The molecule has 2 aromatic carbocycles. The molecule has 32 heavy (non-hydrogen) atoms. The van der Waals surface area contributed by atoms with E-state index >= 15 is 0 Å². The molecule has 0 aliphatic carbocycles. The van der Waals surface area contributed by atoms with Gasteiger partial charge in [0.1, 0.15) is 12.3 Å². The third-order valence-electron chi connectivity index (χ3n) is 5.05. The number of hydrogen-bond acceptors (Lipinski definition) is 7. The van der Waals surface area contributed by atoms with Crippen LogP contribution in [-0.4, -0.2) is 39.6 Å². The summed E-state index contributed by atoms with van der Waals surface area (Å²) >= 11 is 0. The first-order valence-corrected chi connectivity index (χ1v) is 10.4. The minimum atomic E-state index is -0.431. The first kappa shape index (κ1) is 21.5. The molecular weight excluding hydrogens is 412 g/mol. The molecule has 0 saturated heterocycles. The van der Waals surface area contributed by atoms with E-state index in [-0.39, 0.29) is 24.5 Å². The molecule has 0 saturated carbocycles. The second-order valence-corrected chi connectivity index (χ2v) is 7.13. The van der Waals surface area contributed by atoms with Crippen molar-refractivity contribution < 1.29 is 14.0 Å². The number of methoxy groups -OCH3 is 1. The van der Waals surface area contributed by atoms with Crippen molar-refractivity contribution in [1.29, 1.82) is 0 Å². The standard InChI is InChI=1S/C23H24N4O5/c1-3-31-19-12-7-5-10-17(19)21-24-20(32-25-21)15-27-18-11-6-4-9-16(18)22(28)26(23(27)29)13-8-14-30-2/h4-7,9-12H,3,8,13-15H2,1-2H3. The maximum Gasteiger partial charge on any atom is 0.331 e. The van der Waals surface area contributed by atoms with E-state index in [2.05, 4.69) is 10.1 Å². The Kier molecular flexibility index (Phi) is 6.46. The van der Waals surface area contributed by atoms with E-state index in [4.69, 9.17) is 14.0 Å². The summed E-state index contributed by atoms with van der Waals surface area (Å²) in [7, 11) is 1.58. The average molecular weight is 436 g/mol. The van der Waals surface area contributed by atoms with Crippen LogP contribution < -0.4 is 16.0 Å². The van der Waals surface area contributed by atoms with E-state index in [0.29, 0.717) is 47.7 Å². The van der Waals surface area contributed by atoms with E-state index in [1.54, 1.807) is 31.4 Å². The van der Waals surface area contributed by atoms with Gasteiger partial charge in [-0.1, -0.05) is 29.4 Å². The fourth-order valence-corrected chi connectivity index (χ4v) is 3.58. The van der Waals surface area contributed by atoms with Crippen molar-refractivity contribution in [2.24, 2.45) is 0 Å². The maximum absolute atomic E-state index is 13.2. The molecule has 0 unspecified atom stereocenters. The van der Waals surface area contributed by atoms with Crippen molar-refractivity contribution in [3.05, 3.63) is 75.3 Å². The zero-order chi connectivity index (χ0) is 22.5. The van der Waals surface area contributed by atoms with Gasteiger partial charge in [-0.25, -0.2) is 4.79 Å². The number of benzene rings is 2. The molecule has 0 fully saturated rings. The molecule has 0 amide bonds. The predicted octanol–water partition coefficient (Wildman–Crippen LogP) is 2.70. The number of rotatable bonds is 9. The van der Waals surface area contributed by atoms with Gasteiger partial charge >= 0.3 is 5.69 Å². The summed E-state index contributed by atoms with van der Waals surface area (Å²) in [5.74, 6) is 1.27. The molecule has 0 aliphatic heterocycles. The number of ether oxygens (including phenoxy) is 2. The largest absolute Gasteiger partial charge is 0.493 e. The van der Waals surface area contributed by atoms with E-state index < -0.39 is 5.69 Å². The molecule has 0 spiro atoms. The Morgan fingerprint density at radius 1 is 1.03 bits per heavy atom. The Labute approximate surface area is 183 Å². The molecule has 2 heterocycles. The van der Waals surface area contributed by atoms with E-state index in [1.165, 1.54) is 9.13 Å². The summed E-state index contributed by atoms with van der Waals surface area (Å²) in [4.78, 5) is 30.5. The lowest BCUT2D eigenvalue weighted by atomic mass is 10.2. The first-order valence-electron chi connectivity index (χ1n) is 10.4. The summed E-state index contributed by atoms with van der Waals surface area (Å²) in [5.41, 5.74) is 0.458. The molecular formula is C23H24N4O5. The Bertz CT molecular complexity index is 1340. The number of hydrogen-bond donors (Lipinski definition) is 0. The highest BCUT2D eigenvalue weighted by Gasteiger charge is 2.17. The topological polar surface area (TPSA) is 101 Å². The summed E-state index contributed by atoms with van der Waals surface area (Å²) in [6.45, 7) is 3.15. The number of fused-ring (bicyclic) bond motifs is 1.